The van der Waals surface area contributed by atoms with Crippen molar-refractivity contribution in [2.75, 3.05) is 37.4 Å². The zero-order chi connectivity index (χ0) is 25.8. The molecule has 2 aromatic heterocycles. The monoisotopic (exact) mass is 498 g/mol. The molecule has 1 saturated heterocycles. The Morgan fingerprint density at radius 2 is 2.06 bits per heavy atom. The smallest absolute Gasteiger partial charge is 0.411 e. The molecule has 1 atom stereocenters. The van der Waals surface area contributed by atoms with Gasteiger partial charge in [-0.1, -0.05) is 19.4 Å². The lowest BCUT2D eigenvalue weighted by molar-refractivity contribution is 0.0333. The van der Waals surface area contributed by atoms with E-state index in [0.29, 0.717) is 67.2 Å². The number of anilines is 2. The number of carbonyl (C=O) groups is 2. The second-order valence-electron chi connectivity index (χ2n) is 8.87. The van der Waals surface area contributed by atoms with E-state index < -0.39 is 11.9 Å². The van der Waals surface area contributed by atoms with Gasteiger partial charge in [-0.2, -0.15) is 5.10 Å². The average Bonchev–Trinajstić information content (AvgIpc) is 3.16. The molecule has 1 fully saturated rings. The quantitative estimate of drug-likeness (QED) is 0.448. The lowest BCUT2D eigenvalue weighted by Gasteiger charge is -2.26. The Kier molecular flexibility index (Phi) is 7.80. The Labute approximate surface area is 208 Å². The number of fused-ring (bicyclic) bond motifs is 1. The van der Waals surface area contributed by atoms with Crippen LogP contribution >= 0.6 is 0 Å². The van der Waals surface area contributed by atoms with Gasteiger partial charge in [0.05, 0.1) is 30.2 Å². The molecule has 0 spiro atoms. The van der Waals surface area contributed by atoms with Crippen molar-refractivity contribution >= 4 is 28.9 Å². The molecule has 36 heavy (non-hydrogen) atoms. The number of ether oxygens (including phenoxy) is 2. The van der Waals surface area contributed by atoms with Crippen molar-refractivity contribution in [3.63, 3.8) is 0 Å². The van der Waals surface area contributed by atoms with Gasteiger partial charge in [0.1, 0.15) is 23.8 Å². The fourth-order valence-electron chi connectivity index (χ4n) is 4.51. The number of ketones is 1. The predicted molar refractivity (Wildman–Crippen MR) is 133 cm³/mol. The largest absolute Gasteiger partial charge is 0.446 e. The van der Waals surface area contributed by atoms with E-state index in [-0.39, 0.29) is 23.4 Å². The molecule has 1 aliphatic rings. The molecule has 1 aromatic carbocycles. The van der Waals surface area contributed by atoms with Gasteiger partial charge >= 0.3 is 6.09 Å². The summed E-state index contributed by atoms with van der Waals surface area (Å²) in [5.74, 6) is -0.701. The van der Waals surface area contributed by atoms with E-state index >= 15 is 4.39 Å². The van der Waals surface area contributed by atoms with Gasteiger partial charge in [-0.3, -0.25) is 15.0 Å². The number of benzene rings is 1. The molecule has 11 heteroatoms. The van der Waals surface area contributed by atoms with Gasteiger partial charge in [0, 0.05) is 25.2 Å². The summed E-state index contributed by atoms with van der Waals surface area (Å²) in [6, 6.07) is 4.32. The van der Waals surface area contributed by atoms with E-state index in [0.717, 1.165) is 6.42 Å². The number of morpholine rings is 1. The number of halogens is 1. The highest BCUT2D eigenvalue weighted by Gasteiger charge is 2.27. The molecule has 1 unspecified atom stereocenters. The molecule has 3 aromatic rings. The summed E-state index contributed by atoms with van der Waals surface area (Å²) in [5, 5.41) is 6.81. The van der Waals surface area contributed by atoms with Crippen LogP contribution in [0.15, 0.2) is 24.5 Å². The first-order chi connectivity index (χ1) is 17.3. The van der Waals surface area contributed by atoms with Crippen molar-refractivity contribution in [2.24, 2.45) is 0 Å². The van der Waals surface area contributed by atoms with Crippen LogP contribution in [0.2, 0.25) is 0 Å². The molecule has 192 valence electrons. The van der Waals surface area contributed by atoms with Crippen molar-refractivity contribution in [1.82, 2.24) is 19.5 Å². The Morgan fingerprint density at radius 3 is 2.72 bits per heavy atom. The minimum atomic E-state index is -0.730. The summed E-state index contributed by atoms with van der Waals surface area (Å²) >= 11 is 0. The van der Waals surface area contributed by atoms with Crippen LogP contribution in [0.4, 0.5) is 20.7 Å². The minimum absolute atomic E-state index is 0.0295. The van der Waals surface area contributed by atoms with Crippen molar-refractivity contribution in [3.05, 3.63) is 41.6 Å². The van der Waals surface area contributed by atoms with Crippen molar-refractivity contribution in [2.45, 2.75) is 46.3 Å². The van der Waals surface area contributed by atoms with Crippen LogP contribution < -0.4 is 11.1 Å². The van der Waals surface area contributed by atoms with Gasteiger partial charge < -0.3 is 15.2 Å². The van der Waals surface area contributed by atoms with Crippen molar-refractivity contribution < 1.29 is 23.5 Å². The molecule has 3 heterocycles. The van der Waals surface area contributed by atoms with Crippen LogP contribution in [0.1, 0.15) is 49.7 Å². The lowest BCUT2D eigenvalue weighted by Crippen LogP contribution is -2.36. The Bertz CT molecular complexity index is 1270. The molecule has 0 bridgehead atoms. The minimum Gasteiger partial charge on any atom is -0.446 e. The van der Waals surface area contributed by atoms with Gasteiger partial charge in [0.2, 0.25) is 0 Å². The van der Waals surface area contributed by atoms with E-state index in [4.69, 9.17) is 15.2 Å². The molecule has 0 aliphatic carbocycles. The second kappa shape index (κ2) is 11.0. The zero-order valence-corrected chi connectivity index (χ0v) is 20.7. The number of Topliss-reactive ketones (excluding diaryl/α,β-unsaturated/α-hetero) is 1. The van der Waals surface area contributed by atoms with Crippen LogP contribution in [0.3, 0.4) is 0 Å². The van der Waals surface area contributed by atoms with Crippen LogP contribution in [0.5, 0.6) is 0 Å². The summed E-state index contributed by atoms with van der Waals surface area (Å²) in [6.45, 7) is 8.30. The second-order valence-corrected chi connectivity index (χ2v) is 8.87. The maximum Gasteiger partial charge on any atom is 0.411 e. The fraction of sp³-hybridized carbons (Fsp3) is 0.440. The number of hydrogen-bond acceptors (Lipinski definition) is 8. The van der Waals surface area contributed by atoms with Crippen LogP contribution in [-0.2, 0) is 16.0 Å². The van der Waals surface area contributed by atoms with Crippen LogP contribution in [0, 0.1) is 5.82 Å². The number of nitrogens with zero attached hydrogens (tertiary/aromatic N) is 4. The number of nitrogens with two attached hydrogens (primary N) is 1. The van der Waals surface area contributed by atoms with Gasteiger partial charge in [0.15, 0.2) is 11.6 Å². The molecular weight excluding hydrogens is 467 g/mol. The first-order valence-electron chi connectivity index (χ1n) is 12.0. The topological polar surface area (TPSA) is 124 Å². The summed E-state index contributed by atoms with van der Waals surface area (Å²) in [7, 11) is 0. The Morgan fingerprint density at radius 1 is 1.31 bits per heavy atom. The first-order valence-corrected chi connectivity index (χ1v) is 12.0. The molecule has 1 aliphatic heterocycles. The van der Waals surface area contributed by atoms with Crippen LogP contribution in [0.25, 0.3) is 16.6 Å². The Balaban J connectivity index is 1.74. The highest BCUT2D eigenvalue weighted by atomic mass is 19.1. The molecule has 0 saturated carbocycles. The lowest BCUT2D eigenvalue weighted by atomic mass is 9.98. The third-order valence-corrected chi connectivity index (χ3v) is 6.18. The van der Waals surface area contributed by atoms with Gasteiger partial charge in [0.25, 0.3) is 0 Å². The predicted octanol–water partition coefficient (Wildman–Crippen LogP) is 3.89. The van der Waals surface area contributed by atoms with Crippen molar-refractivity contribution in [1.29, 1.82) is 0 Å². The maximum atomic E-state index is 15.1. The zero-order valence-electron chi connectivity index (χ0n) is 20.7. The van der Waals surface area contributed by atoms with E-state index in [1.807, 2.05) is 6.92 Å². The maximum absolute atomic E-state index is 15.1. The Hall–Kier alpha value is -3.57. The average molecular weight is 499 g/mol. The van der Waals surface area contributed by atoms with E-state index in [2.05, 4.69) is 20.3 Å². The van der Waals surface area contributed by atoms with Gasteiger partial charge in [-0.25, -0.2) is 18.7 Å². The number of hydrogen-bond donors (Lipinski definition) is 2. The fourth-order valence-corrected chi connectivity index (χ4v) is 4.51. The SMILES string of the molecule is CCCC(C)OC(=O)Nc1ccc(-c2c(C(C)=O)c(CN3CCOCC3)n3ncnc(N)c23)cc1F. The molecule has 3 N–H and O–H groups in total. The number of aromatic nitrogens is 3. The van der Waals surface area contributed by atoms with E-state index in [9.17, 15) is 9.59 Å². The molecule has 1 amide bonds. The number of nitrogens with one attached hydrogen (secondary N) is 1. The van der Waals surface area contributed by atoms with E-state index in [1.165, 1.54) is 25.4 Å². The number of rotatable bonds is 8. The third-order valence-electron chi connectivity index (χ3n) is 6.18. The number of nitrogen functional groups attached to an aromatic ring is 1. The normalized spacial score (nSPS) is 15.1. The molecular formula is C25H31FN6O4. The summed E-state index contributed by atoms with van der Waals surface area (Å²) in [5.41, 5.74) is 8.56. The first kappa shape index (κ1) is 25.5. The molecule has 10 nitrogen and oxygen atoms in total. The summed E-state index contributed by atoms with van der Waals surface area (Å²) in [4.78, 5) is 31.4. The standard InChI is InChI=1S/C25H31FN6O4/c1-4-5-15(2)36-25(34)30-19-7-6-17(12-18(19)26)22-21(16(3)33)20(13-31-8-10-35-11-9-31)32-23(22)24(27)28-14-29-32/h6-7,12,14-15H,4-5,8-11,13H2,1-3H3,(H,30,34)(H2,27,28,29). The molecule has 0 radical (unpaired) electrons. The van der Waals surface area contributed by atoms with Gasteiger partial charge in [-0.15, -0.1) is 0 Å². The van der Waals surface area contributed by atoms with Crippen LogP contribution in [-0.4, -0.2) is 63.8 Å². The summed E-state index contributed by atoms with van der Waals surface area (Å²) < 4.78 is 27.5. The highest BCUT2D eigenvalue weighted by Crippen LogP contribution is 2.37. The van der Waals surface area contributed by atoms with Gasteiger partial charge in [-0.05, 0) is 38.0 Å². The third kappa shape index (κ3) is 5.31. The summed E-state index contributed by atoms with van der Waals surface area (Å²) in [6.07, 6.45) is 1.89. The van der Waals surface area contributed by atoms with E-state index in [1.54, 1.807) is 17.5 Å². The molecule has 4 rings (SSSR count). The highest BCUT2D eigenvalue weighted by molar-refractivity contribution is 6.08. The number of carbonyl (C=O) groups excluding carboxylic acids is 2. The van der Waals surface area contributed by atoms with Crippen molar-refractivity contribution in [3.8, 4) is 11.1 Å². The number of amides is 1.